The standard InChI is InChI=1S/C3H7As/c1-2-3-4/h2-3H,4H2,1H3. The second kappa shape index (κ2) is 3.30. The SMILES string of the molecule is CC=C[AsH2]. The van der Waals surface area contributed by atoms with Gasteiger partial charge in [0.25, 0.3) is 0 Å². The summed E-state index contributed by atoms with van der Waals surface area (Å²) in [5, 5.41) is 0. The van der Waals surface area contributed by atoms with Gasteiger partial charge in [0, 0.05) is 0 Å². The average molecular weight is 118 g/mol. The van der Waals surface area contributed by atoms with Gasteiger partial charge >= 0.3 is 34.7 Å². The molecule has 0 radical (unpaired) electrons. The molecule has 0 saturated heterocycles. The van der Waals surface area contributed by atoms with Crippen LogP contribution in [0.15, 0.2) is 10.9 Å². The van der Waals surface area contributed by atoms with E-state index in [4.69, 9.17) is 0 Å². The van der Waals surface area contributed by atoms with E-state index in [0.717, 1.165) is 0 Å². The van der Waals surface area contributed by atoms with Crippen LogP contribution in [0.25, 0.3) is 0 Å². The van der Waals surface area contributed by atoms with Crippen molar-refractivity contribution in [3.63, 3.8) is 0 Å². The van der Waals surface area contributed by atoms with Gasteiger partial charge in [-0.05, 0) is 0 Å². The number of hydrogen-bond acceptors (Lipinski definition) is 0. The van der Waals surface area contributed by atoms with Gasteiger partial charge in [-0.2, -0.15) is 0 Å². The fourth-order valence-corrected chi connectivity index (χ4v) is 0. The van der Waals surface area contributed by atoms with E-state index in [0.29, 0.717) is 0 Å². The Balaban J connectivity index is 2.55. The van der Waals surface area contributed by atoms with Crippen LogP contribution in [0.1, 0.15) is 6.92 Å². The molecule has 0 fully saturated rings. The van der Waals surface area contributed by atoms with Crippen LogP contribution < -0.4 is 0 Å². The van der Waals surface area contributed by atoms with Crippen molar-refractivity contribution in [2.24, 2.45) is 0 Å². The quantitative estimate of drug-likeness (QED) is 0.397. The van der Waals surface area contributed by atoms with Crippen LogP contribution in [0, 0.1) is 0 Å². The molecule has 0 rings (SSSR count). The van der Waals surface area contributed by atoms with Gasteiger partial charge in [-0.3, -0.25) is 0 Å². The molecule has 1 heteroatoms. The predicted molar refractivity (Wildman–Crippen MR) is 23.4 cm³/mol. The Labute approximate surface area is 35.4 Å². The second-order valence-electron chi connectivity index (χ2n) is 0.526. The van der Waals surface area contributed by atoms with Crippen molar-refractivity contribution >= 4 is 16.9 Å². The van der Waals surface area contributed by atoms with E-state index in [1.54, 1.807) is 16.9 Å². The number of hydrogen-bond donors (Lipinski definition) is 0. The van der Waals surface area contributed by atoms with Crippen LogP contribution in [0.4, 0.5) is 0 Å². The van der Waals surface area contributed by atoms with Gasteiger partial charge in [0.15, 0.2) is 0 Å². The second-order valence-corrected chi connectivity index (χ2v) is 1.33. The number of allylic oxidation sites excluding steroid dienone is 1. The summed E-state index contributed by atoms with van der Waals surface area (Å²) in [6.07, 6.45) is 2.03. The van der Waals surface area contributed by atoms with Crippen LogP contribution in [0.2, 0.25) is 0 Å². The van der Waals surface area contributed by atoms with E-state index in [-0.39, 0.29) is 0 Å². The number of rotatable bonds is 0. The van der Waals surface area contributed by atoms with Crippen molar-refractivity contribution in [1.29, 1.82) is 0 Å². The van der Waals surface area contributed by atoms with Gasteiger partial charge < -0.3 is 0 Å². The summed E-state index contributed by atoms with van der Waals surface area (Å²) in [6, 6.07) is 0. The van der Waals surface area contributed by atoms with Crippen molar-refractivity contribution in [3.05, 3.63) is 10.9 Å². The molecule has 0 N–H and O–H groups in total. The Hall–Kier alpha value is 0.298. The summed E-state index contributed by atoms with van der Waals surface area (Å²) >= 11 is 1.64. The summed E-state index contributed by atoms with van der Waals surface area (Å²) in [4.78, 5) is 2.06. The third kappa shape index (κ3) is 2.30. The van der Waals surface area contributed by atoms with Crippen LogP contribution in [-0.4, -0.2) is 16.9 Å². The van der Waals surface area contributed by atoms with Gasteiger partial charge in [0.1, 0.15) is 0 Å². The first-order valence-corrected chi connectivity index (χ1v) is 2.64. The third-order valence-corrected chi connectivity index (χ3v) is 1.00. The molecule has 1 atom stereocenters. The van der Waals surface area contributed by atoms with Gasteiger partial charge in [-0.25, -0.2) is 0 Å². The zero-order valence-electron chi connectivity index (χ0n) is 2.73. The molecule has 0 aromatic carbocycles. The molecule has 0 amide bonds. The molecule has 0 nitrogen and oxygen atoms in total. The third-order valence-electron chi connectivity index (χ3n) is 0.192. The van der Waals surface area contributed by atoms with E-state index in [2.05, 4.69) is 4.86 Å². The molecule has 0 spiro atoms. The van der Waals surface area contributed by atoms with E-state index >= 15 is 0 Å². The first-order chi connectivity index (χ1) is 1.91. The van der Waals surface area contributed by atoms with Gasteiger partial charge in [0.05, 0.1) is 0 Å². The summed E-state index contributed by atoms with van der Waals surface area (Å²) in [5.41, 5.74) is 0. The van der Waals surface area contributed by atoms with Crippen molar-refractivity contribution in [2.75, 3.05) is 0 Å². The molecule has 0 aliphatic heterocycles. The summed E-state index contributed by atoms with van der Waals surface area (Å²) in [7, 11) is 0. The van der Waals surface area contributed by atoms with Crippen LogP contribution >= 0.6 is 0 Å². The Morgan fingerprint density at radius 1 is 1.75 bits per heavy atom. The van der Waals surface area contributed by atoms with Crippen molar-refractivity contribution in [3.8, 4) is 0 Å². The molecule has 4 heavy (non-hydrogen) atoms. The van der Waals surface area contributed by atoms with Crippen molar-refractivity contribution in [1.82, 2.24) is 0 Å². The average Bonchev–Trinajstić information content (AvgIpc) is 1.37. The summed E-state index contributed by atoms with van der Waals surface area (Å²) < 4.78 is 0. The maximum absolute atomic E-state index is 2.06. The molecular formula is C3H7As. The molecule has 0 saturated carbocycles. The van der Waals surface area contributed by atoms with Crippen LogP contribution in [0.3, 0.4) is 0 Å². The van der Waals surface area contributed by atoms with Crippen LogP contribution in [0.5, 0.6) is 0 Å². The first-order valence-electron chi connectivity index (χ1n) is 1.24. The zero-order chi connectivity index (χ0) is 3.41. The monoisotopic (exact) mass is 118 g/mol. The van der Waals surface area contributed by atoms with Crippen molar-refractivity contribution < 1.29 is 0 Å². The molecule has 24 valence electrons. The molecule has 0 aromatic heterocycles. The van der Waals surface area contributed by atoms with E-state index in [1.165, 1.54) is 0 Å². The minimum absolute atomic E-state index is 1.64. The van der Waals surface area contributed by atoms with Gasteiger partial charge in [-0.15, -0.1) is 0 Å². The Morgan fingerprint density at radius 2 is 2.00 bits per heavy atom. The molecule has 0 heterocycles. The Morgan fingerprint density at radius 3 is 2.00 bits per heavy atom. The van der Waals surface area contributed by atoms with E-state index in [1.807, 2.05) is 13.0 Å². The molecule has 1 unspecified atom stereocenters. The van der Waals surface area contributed by atoms with Gasteiger partial charge in [0.2, 0.25) is 0 Å². The van der Waals surface area contributed by atoms with E-state index in [9.17, 15) is 0 Å². The van der Waals surface area contributed by atoms with E-state index < -0.39 is 0 Å². The Kier molecular flexibility index (Phi) is 3.54. The Bertz CT molecular complexity index is 18.5. The minimum atomic E-state index is 1.64. The topological polar surface area (TPSA) is 0 Å². The normalized spacial score (nSPS) is 9.50. The molecular weight excluding hydrogens is 111 g/mol. The van der Waals surface area contributed by atoms with Crippen LogP contribution in [-0.2, 0) is 0 Å². The first kappa shape index (κ1) is 4.30. The molecule has 0 aromatic rings. The molecule has 0 bridgehead atoms. The fraction of sp³-hybridized carbons (Fsp3) is 0.333. The molecule has 0 aliphatic carbocycles. The predicted octanol–water partition coefficient (Wildman–Crippen LogP) is 0.153. The summed E-state index contributed by atoms with van der Waals surface area (Å²) in [5.74, 6) is 0. The van der Waals surface area contributed by atoms with Gasteiger partial charge in [-0.1, -0.05) is 0 Å². The zero-order valence-corrected chi connectivity index (χ0v) is 5.15. The van der Waals surface area contributed by atoms with Crippen molar-refractivity contribution in [2.45, 2.75) is 6.92 Å². The molecule has 0 aliphatic rings. The summed E-state index contributed by atoms with van der Waals surface area (Å²) in [6.45, 7) is 2.02. The fourth-order valence-electron chi connectivity index (χ4n) is 0. The maximum atomic E-state index is 2.06.